The maximum Gasteiger partial charge on any atom is 0.324 e. The molecule has 0 aliphatic carbocycles. The molecular formula is C27H29NO3. The van der Waals surface area contributed by atoms with Crippen molar-refractivity contribution in [2.75, 3.05) is 6.61 Å². The first-order valence-corrected chi connectivity index (χ1v) is 10.7. The van der Waals surface area contributed by atoms with E-state index in [1.807, 2.05) is 90.7 Å². The average Bonchev–Trinajstić information content (AvgIpc) is 2.80. The van der Waals surface area contributed by atoms with E-state index in [-0.39, 0.29) is 18.4 Å². The Bertz CT molecular complexity index is 916. The summed E-state index contributed by atoms with van der Waals surface area (Å²) in [6.45, 7) is 4.95. The van der Waals surface area contributed by atoms with Gasteiger partial charge in [-0.1, -0.05) is 97.9 Å². The quantitative estimate of drug-likeness (QED) is 0.340. The van der Waals surface area contributed by atoms with E-state index in [0.717, 1.165) is 11.1 Å². The molecule has 160 valence electrons. The van der Waals surface area contributed by atoms with Gasteiger partial charge in [-0.25, -0.2) is 0 Å². The van der Waals surface area contributed by atoms with Gasteiger partial charge in [-0.05, 0) is 18.1 Å². The fraction of sp³-hybridized carbons (Fsp3) is 0.259. The average molecular weight is 416 g/mol. The van der Waals surface area contributed by atoms with Crippen molar-refractivity contribution in [3.63, 3.8) is 0 Å². The Labute approximate surface area is 184 Å². The van der Waals surface area contributed by atoms with Crippen molar-refractivity contribution < 1.29 is 14.3 Å². The number of carbonyl (C=O) groups is 2. The third-order valence-corrected chi connectivity index (χ3v) is 5.32. The third kappa shape index (κ3) is 6.12. The van der Waals surface area contributed by atoms with Crippen molar-refractivity contribution in [1.29, 1.82) is 0 Å². The molecule has 0 amide bonds. The van der Waals surface area contributed by atoms with Crippen molar-refractivity contribution in [3.8, 4) is 0 Å². The lowest BCUT2D eigenvalue weighted by atomic mass is 9.90. The number of hydrogen-bond donors (Lipinski definition) is 0. The largest absolute Gasteiger partial charge is 0.465 e. The molecular weight excluding hydrogens is 386 g/mol. The van der Waals surface area contributed by atoms with E-state index >= 15 is 0 Å². The minimum absolute atomic E-state index is 0.0650. The van der Waals surface area contributed by atoms with Gasteiger partial charge < -0.3 is 4.74 Å². The number of hydrogen-bond acceptors (Lipinski definition) is 4. The van der Waals surface area contributed by atoms with E-state index in [9.17, 15) is 9.59 Å². The van der Waals surface area contributed by atoms with Gasteiger partial charge in [-0.15, -0.1) is 0 Å². The maximum absolute atomic E-state index is 13.3. The van der Waals surface area contributed by atoms with Gasteiger partial charge in [-0.2, -0.15) is 0 Å². The first kappa shape index (κ1) is 22.4. The lowest BCUT2D eigenvalue weighted by Gasteiger charge is -2.33. The molecule has 0 N–H and O–H groups in total. The standard InChI is InChI=1S/C27H29NO3/c1-3-31-27(30)25(21(2)26(29)24-17-11-6-12-18-24)28(19-22-13-7-4-8-14-22)20-23-15-9-5-10-16-23/h4-18,21,25H,3,19-20H2,1-2H3/t21-,25+/m0/s1. The minimum atomic E-state index is -0.701. The van der Waals surface area contributed by atoms with E-state index in [4.69, 9.17) is 4.74 Å². The molecule has 0 fully saturated rings. The van der Waals surface area contributed by atoms with Crippen molar-refractivity contribution in [2.45, 2.75) is 33.0 Å². The molecule has 0 saturated carbocycles. The summed E-state index contributed by atoms with van der Waals surface area (Å²) in [7, 11) is 0. The predicted molar refractivity (Wildman–Crippen MR) is 122 cm³/mol. The first-order valence-electron chi connectivity index (χ1n) is 10.7. The summed E-state index contributed by atoms with van der Waals surface area (Å²) < 4.78 is 5.43. The number of benzene rings is 3. The highest BCUT2D eigenvalue weighted by atomic mass is 16.5. The number of rotatable bonds is 10. The molecule has 0 aliphatic rings. The van der Waals surface area contributed by atoms with Crippen LogP contribution in [0.2, 0.25) is 0 Å². The van der Waals surface area contributed by atoms with Crippen molar-refractivity contribution in [1.82, 2.24) is 4.90 Å². The zero-order chi connectivity index (χ0) is 22.1. The monoisotopic (exact) mass is 415 g/mol. The summed E-state index contributed by atoms with van der Waals surface area (Å²) in [4.78, 5) is 28.4. The molecule has 3 aromatic carbocycles. The number of ether oxygens (including phenoxy) is 1. The number of esters is 1. The highest BCUT2D eigenvalue weighted by Gasteiger charge is 2.36. The van der Waals surface area contributed by atoms with Crippen LogP contribution in [0.3, 0.4) is 0 Å². The lowest BCUT2D eigenvalue weighted by molar-refractivity contribution is -0.151. The summed E-state index contributed by atoms with van der Waals surface area (Å²) in [5.41, 5.74) is 2.75. The van der Waals surface area contributed by atoms with Crippen LogP contribution in [0, 0.1) is 5.92 Å². The summed E-state index contributed by atoms with van der Waals surface area (Å²) in [6.07, 6.45) is 0. The smallest absolute Gasteiger partial charge is 0.324 e. The summed E-state index contributed by atoms with van der Waals surface area (Å²) in [5.74, 6) is -0.996. The molecule has 0 unspecified atom stereocenters. The highest BCUT2D eigenvalue weighted by Crippen LogP contribution is 2.23. The molecule has 0 spiro atoms. The van der Waals surface area contributed by atoms with Crippen LogP contribution < -0.4 is 0 Å². The summed E-state index contributed by atoms with van der Waals surface area (Å²) in [6, 6.07) is 28.4. The van der Waals surface area contributed by atoms with Crippen LogP contribution in [0.15, 0.2) is 91.0 Å². The van der Waals surface area contributed by atoms with Gasteiger partial charge in [0.25, 0.3) is 0 Å². The molecule has 0 heterocycles. The molecule has 0 aromatic heterocycles. The van der Waals surface area contributed by atoms with Crippen LogP contribution in [0.5, 0.6) is 0 Å². The summed E-state index contributed by atoms with van der Waals surface area (Å²) in [5, 5.41) is 0. The second-order valence-electron chi connectivity index (χ2n) is 7.59. The van der Waals surface area contributed by atoms with Gasteiger partial charge in [0.05, 0.1) is 6.61 Å². The molecule has 4 heteroatoms. The van der Waals surface area contributed by atoms with Crippen LogP contribution in [-0.2, 0) is 22.6 Å². The topological polar surface area (TPSA) is 46.6 Å². The molecule has 4 nitrogen and oxygen atoms in total. The van der Waals surface area contributed by atoms with Crippen LogP contribution in [0.25, 0.3) is 0 Å². The fourth-order valence-corrected chi connectivity index (χ4v) is 3.79. The van der Waals surface area contributed by atoms with Gasteiger partial charge in [0, 0.05) is 24.6 Å². The van der Waals surface area contributed by atoms with Crippen molar-refractivity contribution >= 4 is 11.8 Å². The number of nitrogens with zero attached hydrogens (tertiary/aromatic N) is 1. The molecule has 3 rings (SSSR count). The second kappa shape index (κ2) is 11.2. The Morgan fingerprint density at radius 3 is 1.68 bits per heavy atom. The highest BCUT2D eigenvalue weighted by molar-refractivity contribution is 6.00. The van der Waals surface area contributed by atoms with Crippen molar-refractivity contribution in [3.05, 3.63) is 108 Å². The Balaban J connectivity index is 1.96. The normalized spacial score (nSPS) is 12.9. The minimum Gasteiger partial charge on any atom is -0.465 e. The zero-order valence-electron chi connectivity index (χ0n) is 18.1. The van der Waals surface area contributed by atoms with E-state index in [1.54, 1.807) is 19.1 Å². The van der Waals surface area contributed by atoms with Gasteiger partial charge in [0.1, 0.15) is 6.04 Å². The molecule has 0 bridgehead atoms. The fourth-order valence-electron chi connectivity index (χ4n) is 3.79. The zero-order valence-corrected chi connectivity index (χ0v) is 18.1. The Hall–Kier alpha value is -3.24. The van der Waals surface area contributed by atoms with E-state index in [0.29, 0.717) is 18.7 Å². The van der Waals surface area contributed by atoms with Gasteiger partial charge in [0.2, 0.25) is 0 Å². The van der Waals surface area contributed by atoms with Crippen LogP contribution >= 0.6 is 0 Å². The van der Waals surface area contributed by atoms with Gasteiger partial charge in [-0.3, -0.25) is 14.5 Å². The molecule has 2 atom stereocenters. The first-order chi connectivity index (χ1) is 15.1. The number of carbonyl (C=O) groups excluding carboxylic acids is 2. The number of ketones is 1. The Morgan fingerprint density at radius 2 is 1.23 bits per heavy atom. The van der Waals surface area contributed by atoms with Gasteiger partial charge in [0.15, 0.2) is 5.78 Å². The van der Waals surface area contributed by atoms with Crippen LogP contribution in [0.4, 0.5) is 0 Å². The number of Topliss-reactive ketones (excluding diaryl/α,β-unsaturated/α-hetero) is 1. The second-order valence-corrected chi connectivity index (χ2v) is 7.59. The van der Waals surface area contributed by atoms with Crippen LogP contribution in [-0.4, -0.2) is 29.3 Å². The SMILES string of the molecule is CCOC(=O)[C@@H]([C@H](C)C(=O)c1ccccc1)N(Cc1ccccc1)Cc1ccccc1. The molecule has 3 aromatic rings. The van der Waals surface area contributed by atoms with E-state index in [2.05, 4.69) is 0 Å². The third-order valence-electron chi connectivity index (χ3n) is 5.32. The van der Waals surface area contributed by atoms with Crippen molar-refractivity contribution in [2.24, 2.45) is 5.92 Å². The Kier molecular flexibility index (Phi) is 8.13. The lowest BCUT2D eigenvalue weighted by Crippen LogP contribution is -2.48. The maximum atomic E-state index is 13.3. The molecule has 0 saturated heterocycles. The van der Waals surface area contributed by atoms with E-state index < -0.39 is 12.0 Å². The van der Waals surface area contributed by atoms with Gasteiger partial charge >= 0.3 is 5.97 Å². The van der Waals surface area contributed by atoms with E-state index in [1.165, 1.54) is 0 Å². The predicted octanol–water partition coefficient (Wildman–Crippen LogP) is 5.14. The van der Waals surface area contributed by atoms with Crippen LogP contribution in [0.1, 0.15) is 35.3 Å². The molecule has 0 aliphatic heterocycles. The Morgan fingerprint density at radius 1 is 0.774 bits per heavy atom. The molecule has 0 radical (unpaired) electrons. The molecule has 31 heavy (non-hydrogen) atoms. The summed E-state index contributed by atoms with van der Waals surface area (Å²) >= 11 is 0.